The largest absolute Gasteiger partial charge is 0.281 e. The minimum atomic E-state index is -0.149. The molecule has 4 rings (SSSR count). The van der Waals surface area contributed by atoms with E-state index in [1.807, 2.05) is 41.1 Å². The second-order valence-electron chi connectivity index (χ2n) is 4.68. The first-order chi connectivity index (χ1) is 10.3. The van der Waals surface area contributed by atoms with Crippen LogP contribution in [0.5, 0.6) is 0 Å². The molecule has 0 aliphatic rings. The monoisotopic (exact) mass is 293 g/mol. The van der Waals surface area contributed by atoms with Crippen molar-refractivity contribution in [3.05, 3.63) is 65.1 Å². The minimum absolute atomic E-state index is 0.149. The summed E-state index contributed by atoms with van der Waals surface area (Å²) in [6.07, 6.45) is 1.58. The highest BCUT2D eigenvalue weighted by molar-refractivity contribution is 7.11. The summed E-state index contributed by atoms with van der Waals surface area (Å²) in [6, 6.07) is 16.1. The first-order valence-corrected chi connectivity index (χ1v) is 7.40. The van der Waals surface area contributed by atoms with E-state index in [9.17, 15) is 4.79 Å². The maximum absolute atomic E-state index is 12.3. The average molecular weight is 293 g/mol. The van der Waals surface area contributed by atoms with E-state index < -0.39 is 0 Å². The van der Waals surface area contributed by atoms with E-state index in [4.69, 9.17) is 0 Å². The van der Waals surface area contributed by atoms with Gasteiger partial charge in [-0.3, -0.25) is 19.9 Å². The van der Waals surface area contributed by atoms with Crippen LogP contribution in [0.1, 0.15) is 9.67 Å². The van der Waals surface area contributed by atoms with Gasteiger partial charge in [0.15, 0.2) is 0 Å². The summed E-state index contributed by atoms with van der Waals surface area (Å²) in [5.74, 6) is -0.149. The molecule has 0 spiro atoms. The van der Waals surface area contributed by atoms with E-state index >= 15 is 0 Å². The molecule has 2 aromatic heterocycles. The molecule has 0 saturated heterocycles. The normalized spacial score (nSPS) is 11.0. The number of rotatable bonds is 2. The van der Waals surface area contributed by atoms with Gasteiger partial charge in [-0.2, -0.15) is 0 Å². The van der Waals surface area contributed by atoms with Gasteiger partial charge in [0.2, 0.25) is 0 Å². The van der Waals surface area contributed by atoms with Gasteiger partial charge in [0.05, 0.1) is 22.7 Å². The molecule has 0 aliphatic carbocycles. The second kappa shape index (κ2) is 4.71. The Hall–Kier alpha value is -2.66. The van der Waals surface area contributed by atoms with Gasteiger partial charge in [0.1, 0.15) is 4.88 Å². The zero-order valence-corrected chi connectivity index (χ0v) is 11.8. The summed E-state index contributed by atoms with van der Waals surface area (Å²) in [5, 5.41) is 2.25. The van der Waals surface area contributed by atoms with Gasteiger partial charge in [-0.25, -0.2) is 0 Å². The third-order valence-electron chi connectivity index (χ3n) is 3.45. The topological polar surface area (TPSA) is 46.9 Å². The van der Waals surface area contributed by atoms with E-state index in [1.165, 1.54) is 11.3 Å². The van der Waals surface area contributed by atoms with Crippen molar-refractivity contribution in [2.75, 3.05) is 5.43 Å². The number of carbonyl (C=O) groups is 1. The summed E-state index contributed by atoms with van der Waals surface area (Å²) < 4.78 is 1.84. The molecular formula is C16H11N3OS. The number of hydrogen-bond donors (Lipinski definition) is 1. The Bertz CT molecular complexity index is 887. The second-order valence-corrected chi connectivity index (χ2v) is 5.56. The zero-order chi connectivity index (χ0) is 14.2. The number of benzene rings is 2. The fourth-order valence-corrected chi connectivity index (χ4v) is 3.04. The van der Waals surface area contributed by atoms with Crippen LogP contribution < -0.4 is 5.43 Å². The predicted octanol–water partition coefficient (Wildman–Crippen LogP) is 3.63. The molecule has 2 aromatic carbocycles. The van der Waals surface area contributed by atoms with Crippen LogP contribution in [0.15, 0.2) is 60.2 Å². The van der Waals surface area contributed by atoms with Gasteiger partial charge in [-0.05, 0) is 12.1 Å². The van der Waals surface area contributed by atoms with Gasteiger partial charge in [-0.15, -0.1) is 11.3 Å². The van der Waals surface area contributed by atoms with Gasteiger partial charge in [0, 0.05) is 10.8 Å². The van der Waals surface area contributed by atoms with Crippen molar-refractivity contribution in [2.24, 2.45) is 0 Å². The molecule has 0 radical (unpaired) electrons. The highest BCUT2D eigenvalue weighted by Crippen LogP contribution is 2.27. The predicted molar refractivity (Wildman–Crippen MR) is 85.2 cm³/mol. The number of carbonyl (C=O) groups excluding carboxylic acids is 1. The lowest BCUT2D eigenvalue weighted by atomic mass is 10.2. The first kappa shape index (κ1) is 12.1. The number of hydrogen-bond acceptors (Lipinski definition) is 3. The van der Waals surface area contributed by atoms with E-state index in [0.29, 0.717) is 4.88 Å². The maximum atomic E-state index is 12.3. The molecule has 1 N–H and O–H groups in total. The number of aromatic nitrogens is 2. The van der Waals surface area contributed by atoms with E-state index in [0.717, 1.165) is 21.8 Å². The number of fused-ring (bicyclic) bond motifs is 3. The number of thiazole rings is 1. The Morgan fingerprint density at radius 1 is 1.00 bits per heavy atom. The Morgan fingerprint density at radius 3 is 2.19 bits per heavy atom. The Kier molecular flexibility index (Phi) is 2.72. The number of amides is 1. The lowest BCUT2D eigenvalue weighted by Crippen LogP contribution is -2.21. The summed E-state index contributed by atoms with van der Waals surface area (Å²) in [4.78, 5) is 16.8. The molecule has 2 heterocycles. The molecule has 0 bridgehead atoms. The highest BCUT2D eigenvalue weighted by Gasteiger charge is 2.13. The van der Waals surface area contributed by atoms with Crippen molar-refractivity contribution in [3.63, 3.8) is 0 Å². The SMILES string of the molecule is O=C(Nn1c2ccccc2c2ccccc21)c1cncs1. The smallest absolute Gasteiger partial charge is 0.266 e. The third-order valence-corrected chi connectivity index (χ3v) is 4.22. The van der Waals surface area contributed by atoms with Crippen molar-refractivity contribution in [3.8, 4) is 0 Å². The van der Waals surface area contributed by atoms with Crippen LogP contribution in [0.2, 0.25) is 0 Å². The van der Waals surface area contributed by atoms with Crippen molar-refractivity contribution in [2.45, 2.75) is 0 Å². The Balaban J connectivity index is 1.92. The molecule has 102 valence electrons. The van der Waals surface area contributed by atoms with Crippen molar-refractivity contribution in [1.82, 2.24) is 9.66 Å². The van der Waals surface area contributed by atoms with Gasteiger partial charge >= 0.3 is 0 Å². The molecule has 0 atom stereocenters. The van der Waals surface area contributed by atoms with Crippen LogP contribution in [-0.2, 0) is 0 Å². The molecule has 1 amide bonds. The van der Waals surface area contributed by atoms with Gasteiger partial charge in [-0.1, -0.05) is 36.4 Å². The van der Waals surface area contributed by atoms with Crippen LogP contribution in [0.3, 0.4) is 0 Å². The standard InChI is InChI=1S/C16H11N3OS/c20-16(15-9-17-10-21-15)18-19-13-7-3-1-5-11(13)12-6-2-4-8-14(12)19/h1-10H,(H,18,20). The van der Waals surface area contributed by atoms with Crippen LogP contribution >= 0.6 is 11.3 Å². The fourth-order valence-electron chi connectivity index (χ4n) is 2.53. The van der Waals surface area contributed by atoms with Crippen LogP contribution in [0.4, 0.5) is 0 Å². The maximum Gasteiger partial charge on any atom is 0.281 e. The van der Waals surface area contributed by atoms with Gasteiger partial charge < -0.3 is 0 Å². The number of nitrogens with zero attached hydrogens (tertiary/aromatic N) is 2. The number of para-hydroxylation sites is 2. The zero-order valence-electron chi connectivity index (χ0n) is 11.0. The third kappa shape index (κ3) is 1.90. The van der Waals surface area contributed by atoms with Gasteiger partial charge in [0.25, 0.3) is 5.91 Å². The van der Waals surface area contributed by atoms with E-state index in [-0.39, 0.29) is 5.91 Å². The summed E-state index contributed by atoms with van der Waals surface area (Å²) in [6.45, 7) is 0. The summed E-state index contributed by atoms with van der Waals surface area (Å²) in [5.41, 5.74) is 6.58. The van der Waals surface area contributed by atoms with Crippen LogP contribution in [0, 0.1) is 0 Å². The quantitative estimate of drug-likeness (QED) is 0.613. The fraction of sp³-hybridized carbons (Fsp3) is 0. The molecular weight excluding hydrogens is 282 g/mol. The van der Waals surface area contributed by atoms with Crippen molar-refractivity contribution >= 4 is 39.0 Å². The van der Waals surface area contributed by atoms with Crippen LogP contribution in [0.25, 0.3) is 21.8 Å². The van der Waals surface area contributed by atoms with Crippen LogP contribution in [-0.4, -0.2) is 15.6 Å². The Morgan fingerprint density at radius 2 is 1.62 bits per heavy atom. The molecule has 4 aromatic rings. The van der Waals surface area contributed by atoms with E-state index in [2.05, 4.69) is 22.5 Å². The summed E-state index contributed by atoms with van der Waals surface area (Å²) in [7, 11) is 0. The first-order valence-electron chi connectivity index (χ1n) is 6.52. The molecule has 0 aliphatic heterocycles. The number of nitrogens with one attached hydrogen (secondary N) is 1. The highest BCUT2D eigenvalue weighted by atomic mass is 32.1. The molecule has 0 saturated carbocycles. The summed E-state index contributed by atoms with van der Waals surface area (Å²) >= 11 is 1.33. The lowest BCUT2D eigenvalue weighted by Gasteiger charge is -2.08. The molecule has 4 nitrogen and oxygen atoms in total. The molecule has 5 heteroatoms. The minimum Gasteiger partial charge on any atom is -0.266 e. The Labute approximate surface area is 124 Å². The molecule has 0 unspecified atom stereocenters. The van der Waals surface area contributed by atoms with E-state index in [1.54, 1.807) is 11.7 Å². The molecule has 0 fully saturated rings. The van der Waals surface area contributed by atoms with Crippen molar-refractivity contribution in [1.29, 1.82) is 0 Å². The molecule has 21 heavy (non-hydrogen) atoms. The average Bonchev–Trinajstić information content (AvgIpc) is 3.15. The lowest BCUT2D eigenvalue weighted by molar-refractivity contribution is 0.101. The van der Waals surface area contributed by atoms with Crippen molar-refractivity contribution < 1.29 is 4.79 Å².